The second kappa shape index (κ2) is 4.06. The molecule has 4 aromatic rings. The normalized spacial score (nSPS) is 11.2. The largest absolute Gasteiger partial charge is 0.478 e. The predicted molar refractivity (Wildman–Crippen MR) is 74.6 cm³/mol. The SMILES string of the molecule is COc1nccn2c(-c3ccnc4[nH]ccc34)cnc12. The van der Waals surface area contributed by atoms with Gasteiger partial charge in [0.15, 0.2) is 0 Å². The summed E-state index contributed by atoms with van der Waals surface area (Å²) in [7, 11) is 1.59. The van der Waals surface area contributed by atoms with Gasteiger partial charge in [0.1, 0.15) is 5.65 Å². The molecule has 1 N–H and O–H groups in total. The number of imidazole rings is 1. The highest BCUT2D eigenvalue weighted by atomic mass is 16.5. The number of methoxy groups -OCH3 is 1. The van der Waals surface area contributed by atoms with Crippen LogP contribution in [0.1, 0.15) is 0 Å². The van der Waals surface area contributed by atoms with Gasteiger partial charge in [0.2, 0.25) is 5.65 Å². The summed E-state index contributed by atoms with van der Waals surface area (Å²) >= 11 is 0. The topological polar surface area (TPSA) is 68.1 Å². The first-order valence-corrected chi connectivity index (χ1v) is 6.17. The third kappa shape index (κ3) is 1.41. The number of ether oxygens (including phenoxy) is 1. The van der Waals surface area contributed by atoms with Crippen molar-refractivity contribution in [3.63, 3.8) is 0 Å². The number of rotatable bonds is 2. The van der Waals surface area contributed by atoms with Crippen molar-refractivity contribution in [2.24, 2.45) is 0 Å². The highest BCUT2D eigenvalue weighted by molar-refractivity contribution is 5.92. The first-order chi connectivity index (χ1) is 9.88. The van der Waals surface area contributed by atoms with Crippen LogP contribution in [0.25, 0.3) is 27.9 Å². The van der Waals surface area contributed by atoms with Gasteiger partial charge in [-0.3, -0.25) is 4.40 Å². The van der Waals surface area contributed by atoms with Gasteiger partial charge in [0, 0.05) is 35.7 Å². The lowest BCUT2D eigenvalue weighted by molar-refractivity contribution is 0.400. The van der Waals surface area contributed by atoms with Crippen molar-refractivity contribution in [3.8, 4) is 17.1 Å². The van der Waals surface area contributed by atoms with E-state index < -0.39 is 0 Å². The van der Waals surface area contributed by atoms with Crippen molar-refractivity contribution in [1.82, 2.24) is 24.3 Å². The van der Waals surface area contributed by atoms with E-state index in [0.29, 0.717) is 11.5 Å². The van der Waals surface area contributed by atoms with Gasteiger partial charge in [-0.2, -0.15) is 0 Å². The highest BCUT2D eigenvalue weighted by Gasteiger charge is 2.13. The van der Waals surface area contributed by atoms with Crippen LogP contribution in [0.3, 0.4) is 0 Å². The minimum Gasteiger partial charge on any atom is -0.478 e. The van der Waals surface area contributed by atoms with E-state index in [9.17, 15) is 0 Å². The second-order valence-corrected chi connectivity index (χ2v) is 4.37. The number of H-pyrrole nitrogens is 1. The number of nitrogens with zero attached hydrogens (tertiary/aromatic N) is 4. The quantitative estimate of drug-likeness (QED) is 0.603. The van der Waals surface area contributed by atoms with Crippen LogP contribution in [-0.2, 0) is 0 Å². The molecule has 0 amide bonds. The molecule has 4 heterocycles. The summed E-state index contributed by atoms with van der Waals surface area (Å²) in [6.45, 7) is 0. The molecule has 0 aliphatic heterocycles. The number of nitrogens with one attached hydrogen (secondary N) is 1. The molecule has 4 aromatic heterocycles. The molecule has 0 saturated heterocycles. The van der Waals surface area contributed by atoms with Crippen molar-refractivity contribution in [2.75, 3.05) is 7.11 Å². The molecule has 0 saturated carbocycles. The van der Waals surface area contributed by atoms with Crippen molar-refractivity contribution >= 4 is 16.7 Å². The van der Waals surface area contributed by atoms with E-state index in [-0.39, 0.29) is 0 Å². The molecule has 6 nitrogen and oxygen atoms in total. The minimum absolute atomic E-state index is 0.512. The number of fused-ring (bicyclic) bond motifs is 2. The third-order valence-electron chi connectivity index (χ3n) is 3.33. The molecular formula is C14H11N5O. The van der Waals surface area contributed by atoms with E-state index in [4.69, 9.17) is 4.74 Å². The average molecular weight is 265 g/mol. The van der Waals surface area contributed by atoms with Crippen molar-refractivity contribution in [1.29, 1.82) is 0 Å². The van der Waals surface area contributed by atoms with Crippen LogP contribution in [0.4, 0.5) is 0 Å². The zero-order valence-corrected chi connectivity index (χ0v) is 10.7. The van der Waals surface area contributed by atoms with Crippen molar-refractivity contribution < 1.29 is 4.74 Å². The Morgan fingerprint density at radius 2 is 2.10 bits per heavy atom. The minimum atomic E-state index is 0.512. The molecule has 98 valence electrons. The van der Waals surface area contributed by atoms with Gasteiger partial charge in [0.05, 0.1) is 19.0 Å². The van der Waals surface area contributed by atoms with Gasteiger partial charge in [-0.15, -0.1) is 0 Å². The van der Waals surface area contributed by atoms with E-state index in [2.05, 4.69) is 19.9 Å². The van der Waals surface area contributed by atoms with Crippen LogP contribution < -0.4 is 4.74 Å². The first-order valence-electron chi connectivity index (χ1n) is 6.17. The van der Waals surface area contributed by atoms with E-state index in [0.717, 1.165) is 22.3 Å². The fraction of sp³-hybridized carbons (Fsp3) is 0.0714. The van der Waals surface area contributed by atoms with Crippen LogP contribution in [-0.4, -0.2) is 31.4 Å². The Labute approximate surface area is 114 Å². The predicted octanol–water partition coefficient (Wildman–Crippen LogP) is 2.28. The lowest BCUT2D eigenvalue weighted by atomic mass is 10.1. The van der Waals surface area contributed by atoms with Gasteiger partial charge in [0.25, 0.3) is 5.88 Å². The molecule has 20 heavy (non-hydrogen) atoms. The number of hydrogen-bond donors (Lipinski definition) is 1. The number of pyridine rings is 1. The number of aromatic amines is 1. The van der Waals surface area contributed by atoms with Gasteiger partial charge in [-0.1, -0.05) is 0 Å². The zero-order valence-electron chi connectivity index (χ0n) is 10.7. The van der Waals surface area contributed by atoms with Crippen LogP contribution in [0.5, 0.6) is 5.88 Å². The summed E-state index contributed by atoms with van der Waals surface area (Å²) < 4.78 is 7.20. The standard InChI is InChI=1S/C14H11N5O/c1-20-14-13-18-8-11(19(13)7-6-17-14)9-2-4-15-12-10(9)3-5-16-12/h2-8H,1H3,(H,15,16). The van der Waals surface area contributed by atoms with E-state index >= 15 is 0 Å². The molecule has 4 rings (SSSR count). The first kappa shape index (κ1) is 11.0. The summed E-state index contributed by atoms with van der Waals surface area (Å²) in [5, 5.41) is 1.06. The average Bonchev–Trinajstić information content (AvgIpc) is 3.12. The van der Waals surface area contributed by atoms with Gasteiger partial charge in [-0.05, 0) is 12.1 Å². The molecule has 0 aliphatic rings. The van der Waals surface area contributed by atoms with Crippen molar-refractivity contribution in [2.45, 2.75) is 0 Å². The molecular weight excluding hydrogens is 254 g/mol. The Bertz CT molecular complexity index is 908. The van der Waals surface area contributed by atoms with Gasteiger partial charge in [-0.25, -0.2) is 15.0 Å². The maximum Gasteiger partial charge on any atom is 0.258 e. The fourth-order valence-electron chi connectivity index (χ4n) is 2.42. The van der Waals surface area contributed by atoms with Crippen LogP contribution in [0.2, 0.25) is 0 Å². The molecule has 0 spiro atoms. The van der Waals surface area contributed by atoms with E-state index in [1.54, 1.807) is 19.5 Å². The summed E-state index contributed by atoms with van der Waals surface area (Å²) in [6.07, 6.45) is 9.06. The Kier molecular flexibility index (Phi) is 2.23. The summed E-state index contributed by atoms with van der Waals surface area (Å²) in [6, 6.07) is 3.99. The van der Waals surface area contributed by atoms with E-state index in [1.807, 2.05) is 35.1 Å². The summed E-state index contributed by atoms with van der Waals surface area (Å²) in [5.74, 6) is 0.512. The fourth-order valence-corrected chi connectivity index (χ4v) is 2.42. The smallest absolute Gasteiger partial charge is 0.258 e. The van der Waals surface area contributed by atoms with Crippen LogP contribution >= 0.6 is 0 Å². The Hall–Kier alpha value is -2.89. The zero-order chi connectivity index (χ0) is 13.5. The highest BCUT2D eigenvalue weighted by Crippen LogP contribution is 2.29. The van der Waals surface area contributed by atoms with Gasteiger partial charge < -0.3 is 9.72 Å². The number of aromatic nitrogens is 5. The van der Waals surface area contributed by atoms with Gasteiger partial charge >= 0.3 is 0 Å². The van der Waals surface area contributed by atoms with Crippen LogP contribution in [0.15, 0.2) is 43.1 Å². The maximum atomic E-state index is 5.24. The van der Waals surface area contributed by atoms with Crippen molar-refractivity contribution in [3.05, 3.63) is 43.1 Å². The molecule has 0 bridgehead atoms. The molecule has 0 unspecified atom stereocenters. The molecule has 0 atom stereocenters. The van der Waals surface area contributed by atoms with Crippen LogP contribution in [0, 0.1) is 0 Å². The lowest BCUT2D eigenvalue weighted by Crippen LogP contribution is -1.94. The van der Waals surface area contributed by atoms with E-state index in [1.165, 1.54) is 0 Å². The summed E-state index contributed by atoms with van der Waals surface area (Å²) in [4.78, 5) is 16.0. The molecule has 0 aliphatic carbocycles. The Morgan fingerprint density at radius 1 is 1.15 bits per heavy atom. The number of hydrogen-bond acceptors (Lipinski definition) is 4. The lowest BCUT2D eigenvalue weighted by Gasteiger charge is -2.04. The second-order valence-electron chi connectivity index (χ2n) is 4.37. The third-order valence-corrected chi connectivity index (χ3v) is 3.33. The maximum absolute atomic E-state index is 5.24. The molecule has 0 radical (unpaired) electrons. The molecule has 0 aromatic carbocycles. The Morgan fingerprint density at radius 3 is 3.00 bits per heavy atom. The Balaban J connectivity index is 2.06. The monoisotopic (exact) mass is 265 g/mol. The molecule has 6 heteroatoms. The summed E-state index contributed by atoms with van der Waals surface area (Å²) in [5.41, 5.74) is 3.61. The molecule has 0 fully saturated rings.